The van der Waals surface area contributed by atoms with Crippen LogP contribution in [0.4, 0.5) is 13.2 Å². The van der Waals surface area contributed by atoms with Gasteiger partial charge in [0.25, 0.3) is 0 Å². The SMILES string of the molecule is CCCNC(Cc1ccncc1)c1cc(F)c(F)c(F)c1. The second-order valence-electron chi connectivity index (χ2n) is 4.86. The number of benzene rings is 1. The van der Waals surface area contributed by atoms with Crippen LogP contribution in [0.15, 0.2) is 36.7 Å². The number of pyridine rings is 1. The fourth-order valence-electron chi connectivity index (χ4n) is 2.16. The molecule has 1 aromatic heterocycles. The average molecular weight is 294 g/mol. The zero-order valence-electron chi connectivity index (χ0n) is 11.7. The molecule has 1 N–H and O–H groups in total. The Hall–Kier alpha value is -1.88. The number of halogens is 3. The summed E-state index contributed by atoms with van der Waals surface area (Å²) < 4.78 is 39.9. The van der Waals surface area contributed by atoms with Crippen molar-refractivity contribution in [3.8, 4) is 0 Å². The molecular formula is C16H17F3N2. The Morgan fingerprint density at radius 3 is 2.29 bits per heavy atom. The summed E-state index contributed by atoms with van der Waals surface area (Å²) in [5.74, 6) is -3.76. The van der Waals surface area contributed by atoms with Gasteiger partial charge in [-0.05, 0) is 54.8 Å². The Labute approximate surface area is 122 Å². The molecule has 0 saturated heterocycles. The lowest BCUT2D eigenvalue weighted by molar-refractivity contribution is 0.438. The first-order valence-electron chi connectivity index (χ1n) is 6.88. The molecule has 0 aliphatic carbocycles. The van der Waals surface area contributed by atoms with Crippen molar-refractivity contribution in [3.05, 3.63) is 65.2 Å². The Morgan fingerprint density at radius 2 is 1.71 bits per heavy atom. The number of aromatic nitrogens is 1. The van der Waals surface area contributed by atoms with Gasteiger partial charge in [0, 0.05) is 18.4 Å². The van der Waals surface area contributed by atoms with Crippen molar-refractivity contribution in [2.24, 2.45) is 0 Å². The minimum absolute atomic E-state index is 0.281. The number of hydrogen-bond acceptors (Lipinski definition) is 2. The summed E-state index contributed by atoms with van der Waals surface area (Å²) in [6.45, 7) is 2.71. The van der Waals surface area contributed by atoms with E-state index in [-0.39, 0.29) is 6.04 Å². The molecule has 0 spiro atoms. The molecule has 2 nitrogen and oxygen atoms in total. The van der Waals surface area contributed by atoms with Crippen LogP contribution in [0.25, 0.3) is 0 Å². The summed E-state index contributed by atoms with van der Waals surface area (Å²) in [5, 5.41) is 3.23. The van der Waals surface area contributed by atoms with Crippen LogP contribution in [-0.2, 0) is 6.42 Å². The average Bonchev–Trinajstić information content (AvgIpc) is 2.49. The standard InChI is InChI=1S/C16H17F3N2/c1-2-5-21-15(8-11-3-6-20-7-4-11)12-9-13(17)16(19)14(18)10-12/h3-4,6-7,9-10,15,21H,2,5,8H2,1H3. The molecule has 0 radical (unpaired) electrons. The summed E-state index contributed by atoms with van der Waals surface area (Å²) in [4.78, 5) is 3.94. The Bertz CT molecular complexity index is 564. The van der Waals surface area contributed by atoms with Crippen molar-refractivity contribution >= 4 is 0 Å². The minimum atomic E-state index is -1.43. The maximum absolute atomic E-state index is 13.4. The van der Waals surface area contributed by atoms with Crippen LogP contribution in [0.1, 0.15) is 30.5 Å². The third-order valence-corrected chi connectivity index (χ3v) is 3.24. The quantitative estimate of drug-likeness (QED) is 0.820. The molecule has 5 heteroatoms. The van der Waals surface area contributed by atoms with Gasteiger partial charge in [0.15, 0.2) is 17.5 Å². The van der Waals surface area contributed by atoms with Crippen molar-refractivity contribution in [2.75, 3.05) is 6.54 Å². The normalized spacial score (nSPS) is 12.4. The van der Waals surface area contributed by atoms with E-state index >= 15 is 0 Å². The number of nitrogens with zero attached hydrogens (tertiary/aromatic N) is 1. The van der Waals surface area contributed by atoms with Crippen molar-refractivity contribution in [1.82, 2.24) is 10.3 Å². The van der Waals surface area contributed by atoms with Crippen molar-refractivity contribution < 1.29 is 13.2 Å². The molecule has 1 unspecified atom stereocenters. The van der Waals surface area contributed by atoms with Gasteiger partial charge in [0.05, 0.1) is 0 Å². The van der Waals surface area contributed by atoms with Crippen molar-refractivity contribution in [2.45, 2.75) is 25.8 Å². The predicted molar refractivity (Wildman–Crippen MR) is 75.3 cm³/mol. The smallest absolute Gasteiger partial charge is 0.194 e. The summed E-state index contributed by atoms with van der Waals surface area (Å²) in [6.07, 6.45) is 4.77. The van der Waals surface area contributed by atoms with Gasteiger partial charge in [-0.25, -0.2) is 13.2 Å². The zero-order valence-corrected chi connectivity index (χ0v) is 11.7. The van der Waals surface area contributed by atoms with E-state index in [1.165, 1.54) is 0 Å². The molecule has 0 aliphatic heterocycles. The third kappa shape index (κ3) is 4.04. The maximum Gasteiger partial charge on any atom is 0.194 e. The summed E-state index contributed by atoms with van der Waals surface area (Å²) in [7, 11) is 0. The molecule has 0 amide bonds. The molecule has 112 valence electrons. The van der Waals surface area contributed by atoms with E-state index in [2.05, 4.69) is 10.3 Å². The highest BCUT2D eigenvalue weighted by atomic mass is 19.2. The van der Waals surface area contributed by atoms with Gasteiger partial charge >= 0.3 is 0 Å². The van der Waals surface area contributed by atoms with Crippen LogP contribution in [0.3, 0.4) is 0 Å². The van der Waals surface area contributed by atoms with Crippen LogP contribution in [-0.4, -0.2) is 11.5 Å². The highest BCUT2D eigenvalue weighted by Gasteiger charge is 2.17. The van der Waals surface area contributed by atoms with Crippen LogP contribution >= 0.6 is 0 Å². The predicted octanol–water partition coefficient (Wildman–Crippen LogP) is 3.78. The van der Waals surface area contributed by atoms with E-state index < -0.39 is 17.5 Å². The molecule has 1 heterocycles. The number of rotatable bonds is 6. The first-order valence-corrected chi connectivity index (χ1v) is 6.88. The maximum atomic E-state index is 13.4. The Kier molecular flexibility index (Phi) is 5.33. The molecule has 0 aliphatic rings. The lowest BCUT2D eigenvalue weighted by atomic mass is 9.99. The first-order chi connectivity index (χ1) is 10.1. The van der Waals surface area contributed by atoms with Gasteiger partial charge in [-0.2, -0.15) is 0 Å². The van der Waals surface area contributed by atoms with E-state index in [9.17, 15) is 13.2 Å². The van der Waals surface area contributed by atoms with Gasteiger partial charge in [-0.1, -0.05) is 6.92 Å². The lowest BCUT2D eigenvalue weighted by Crippen LogP contribution is -2.24. The first kappa shape index (κ1) is 15.5. The molecule has 21 heavy (non-hydrogen) atoms. The second kappa shape index (κ2) is 7.22. The summed E-state index contributed by atoms with van der Waals surface area (Å²) >= 11 is 0. The van der Waals surface area contributed by atoms with Crippen LogP contribution in [0, 0.1) is 17.5 Å². The van der Waals surface area contributed by atoms with Gasteiger partial charge in [0.2, 0.25) is 0 Å². The van der Waals surface area contributed by atoms with Crippen LogP contribution in [0.2, 0.25) is 0 Å². The second-order valence-corrected chi connectivity index (χ2v) is 4.86. The minimum Gasteiger partial charge on any atom is -0.310 e. The van der Waals surface area contributed by atoms with Gasteiger partial charge in [0.1, 0.15) is 0 Å². The van der Waals surface area contributed by atoms with Gasteiger partial charge in [-0.15, -0.1) is 0 Å². The van der Waals surface area contributed by atoms with E-state index in [1.54, 1.807) is 12.4 Å². The summed E-state index contributed by atoms with van der Waals surface area (Å²) in [6, 6.07) is 5.50. The molecule has 2 rings (SSSR count). The van der Waals surface area contributed by atoms with Crippen molar-refractivity contribution in [1.29, 1.82) is 0 Å². The lowest BCUT2D eigenvalue weighted by Gasteiger charge is -2.19. The largest absolute Gasteiger partial charge is 0.310 e. The Morgan fingerprint density at radius 1 is 1.10 bits per heavy atom. The fraction of sp³-hybridized carbons (Fsp3) is 0.312. The highest BCUT2D eigenvalue weighted by molar-refractivity contribution is 5.25. The monoisotopic (exact) mass is 294 g/mol. The third-order valence-electron chi connectivity index (χ3n) is 3.24. The van der Waals surface area contributed by atoms with E-state index in [0.717, 1.165) is 24.1 Å². The fourth-order valence-corrected chi connectivity index (χ4v) is 2.16. The topological polar surface area (TPSA) is 24.9 Å². The van der Waals surface area contributed by atoms with E-state index in [4.69, 9.17) is 0 Å². The zero-order chi connectivity index (χ0) is 15.2. The van der Waals surface area contributed by atoms with Crippen LogP contribution < -0.4 is 5.32 Å². The van der Waals surface area contributed by atoms with E-state index in [1.807, 2.05) is 19.1 Å². The van der Waals surface area contributed by atoms with E-state index in [0.29, 0.717) is 18.5 Å². The molecule has 1 atom stereocenters. The number of nitrogens with one attached hydrogen (secondary N) is 1. The number of hydrogen-bond donors (Lipinski definition) is 1. The van der Waals surface area contributed by atoms with Crippen LogP contribution in [0.5, 0.6) is 0 Å². The molecular weight excluding hydrogens is 277 g/mol. The molecule has 0 saturated carbocycles. The summed E-state index contributed by atoms with van der Waals surface area (Å²) in [5.41, 5.74) is 1.39. The molecule has 0 fully saturated rings. The Balaban J connectivity index is 2.27. The van der Waals surface area contributed by atoms with Crippen molar-refractivity contribution in [3.63, 3.8) is 0 Å². The van der Waals surface area contributed by atoms with Gasteiger partial charge < -0.3 is 5.32 Å². The highest BCUT2D eigenvalue weighted by Crippen LogP contribution is 2.22. The molecule has 1 aromatic carbocycles. The molecule has 0 bridgehead atoms. The molecule has 2 aromatic rings. The van der Waals surface area contributed by atoms with Gasteiger partial charge in [-0.3, -0.25) is 4.98 Å².